The molecular formula is C6H10N2OS2. The molecule has 0 aliphatic carbocycles. The van der Waals surface area contributed by atoms with Crippen LogP contribution >= 0.6 is 0 Å². The second kappa shape index (κ2) is 2.72. The summed E-state index contributed by atoms with van der Waals surface area (Å²) in [7, 11) is 1.02. The second-order valence-electron chi connectivity index (χ2n) is 2.49. The minimum Gasteiger partial charge on any atom is -0.224 e. The molecule has 1 heterocycles. The lowest BCUT2D eigenvalue weighted by Gasteiger charge is -2.14. The number of hydrogen-bond acceptors (Lipinski definition) is 2. The van der Waals surface area contributed by atoms with Gasteiger partial charge in [-0.1, -0.05) is 5.92 Å². The molecule has 3 nitrogen and oxygen atoms in total. The second-order valence-corrected chi connectivity index (χ2v) is 5.88. The van der Waals surface area contributed by atoms with Gasteiger partial charge in [-0.15, -0.1) is 6.42 Å². The van der Waals surface area contributed by atoms with Gasteiger partial charge in [-0.05, 0) is 0 Å². The maximum absolute atomic E-state index is 11.6. The molecule has 1 aliphatic heterocycles. The van der Waals surface area contributed by atoms with E-state index >= 15 is 0 Å². The standard InChI is InChI=1S/C6H10N2OS2/c1-4-6-5-7(2)11(9,10)8(6)3/h1,6H,5H2,2-3H3. The monoisotopic (exact) mass is 190 g/mol. The molecule has 0 spiro atoms. The van der Waals surface area contributed by atoms with Crippen LogP contribution in [0.1, 0.15) is 0 Å². The quantitative estimate of drug-likeness (QED) is 0.478. The van der Waals surface area contributed by atoms with Crippen LogP contribution in [0, 0.1) is 12.3 Å². The Morgan fingerprint density at radius 1 is 1.73 bits per heavy atom. The Morgan fingerprint density at radius 3 is 2.45 bits per heavy atom. The van der Waals surface area contributed by atoms with Gasteiger partial charge in [-0.3, -0.25) is 0 Å². The van der Waals surface area contributed by atoms with Crippen molar-refractivity contribution < 1.29 is 4.21 Å². The molecule has 1 aliphatic rings. The Morgan fingerprint density at radius 2 is 2.27 bits per heavy atom. The first-order valence-corrected chi connectivity index (χ1v) is 5.55. The van der Waals surface area contributed by atoms with Gasteiger partial charge in [-0.25, -0.2) is 8.51 Å². The predicted molar refractivity (Wildman–Crippen MR) is 48.5 cm³/mol. The normalized spacial score (nSPS) is 40.6. The fourth-order valence-corrected chi connectivity index (χ4v) is 2.70. The summed E-state index contributed by atoms with van der Waals surface area (Å²) in [6.45, 7) is 0.593. The van der Waals surface area contributed by atoms with Gasteiger partial charge >= 0.3 is 0 Å². The zero-order chi connectivity index (χ0) is 8.65. The van der Waals surface area contributed by atoms with Gasteiger partial charge in [0.05, 0.1) is 6.04 Å². The Hall–Kier alpha value is -0.150. The van der Waals surface area contributed by atoms with E-state index in [0.29, 0.717) is 6.54 Å². The Balaban J connectivity index is 3.01. The average Bonchev–Trinajstić information content (AvgIpc) is 2.14. The molecule has 11 heavy (non-hydrogen) atoms. The smallest absolute Gasteiger partial charge is 0.158 e. The molecule has 2 atom stereocenters. The highest BCUT2D eigenvalue weighted by molar-refractivity contribution is 8.30. The summed E-state index contributed by atoms with van der Waals surface area (Å²) in [5, 5.41) is 0. The van der Waals surface area contributed by atoms with Crippen molar-refractivity contribution in [2.24, 2.45) is 0 Å². The van der Waals surface area contributed by atoms with Crippen molar-refractivity contribution in [3.8, 4) is 12.3 Å². The number of rotatable bonds is 0. The summed E-state index contributed by atoms with van der Waals surface area (Å²) < 4.78 is 14.8. The zero-order valence-electron chi connectivity index (χ0n) is 6.48. The third kappa shape index (κ3) is 1.27. The van der Waals surface area contributed by atoms with Gasteiger partial charge in [0.1, 0.15) is 0 Å². The molecule has 1 saturated heterocycles. The molecule has 0 N–H and O–H groups in total. The van der Waals surface area contributed by atoms with E-state index in [-0.39, 0.29) is 6.04 Å². The van der Waals surface area contributed by atoms with Crippen molar-refractivity contribution in [3.63, 3.8) is 0 Å². The van der Waals surface area contributed by atoms with E-state index in [1.54, 1.807) is 22.7 Å². The molecular weight excluding hydrogens is 180 g/mol. The zero-order valence-corrected chi connectivity index (χ0v) is 8.11. The van der Waals surface area contributed by atoms with Crippen LogP contribution in [0.25, 0.3) is 0 Å². The maximum atomic E-state index is 11.6. The summed E-state index contributed by atoms with van der Waals surface area (Å²) in [6.07, 6.45) is 5.22. The molecule has 0 bridgehead atoms. The van der Waals surface area contributed by atoms with Crippen LogP contribution in [0.2, 0.25) is 0 Å². The molecule has 2 unspecified atom stereocenters. The van der Waals surface area contributed by atoms with Gasteiger partial charge in [0.15, 0.2) is 8.86 Å². The van der Waals surface area contributed by atoms with E-state index in [9.17, 15) is 4.21 Å². The van der Waals surface area contributed by atoms with Crippen LogP contribution in [-0.4, -0.2) is 39.5 Å². The number of nitrogens with zero attached hydrogens (tertiary/aromatic N) is 2. The van der Waals surface area contributed by atoms with Gasteiger partial charge in [0.2, 0.25) is 0 Å². The highest BCUT2D eigenvalue weighted by atomic mass is 32.8. The van der Waals surface area contributed by atoms with Crippen molar-refractivity contribution in [2.75, 3.05) is 20.6 Å². The SMILES string of the molecule is C#CC1CN(C)S(=O)(=S)N1C. The summed E-state index contributed by atoms with van der Waals surface area (Å²) >= 11 is 4.88. The Kier molecular flexibility index (Phi) is 2.21. The minimum absolute atomic E-state index is 0.106. The Labute approximate surface area is 72.3 Å². The van der Waals surface area contributed by atoms with Crippen LogP contribution in [0.3, 0.4) is 0 Å². The molecule has 0 aromatic rings. The van der Waals surface area contributed by atoms with E-state index in [0.717, 1.165) is 0 Å². The van der Waals surface area contributed by atoms with Crippen LogP contribution in [-0.2, 0) is 20.1 Å². The molecule has 0 aromatic carbocycles. The molecule has 0 amide bonds. The van der Waals surface area contributed by atoms with E-state index in [1.165, 1.54) is 0 Å². The average molecular weight is 190 g/mol. The number of hydrogen-bond donors (Lipinski definition) is 0. The van der Waals surface area contributed by atoms with E-state index in [1.807, 2.05) is 0 Å². The molecule has 0 saturated carbocycles. The molecule has 5 heteroatoms. The van der Waals surface area contributed by atoms with Crippen LogP contribution in [0.5, 0.6) is 0 Å². The maximum Gasteiger partial charge on any atom is 0.158 e. The third-order valence-electron chi connectivity index (χ3n) is 1.82. The number of terminal acetylenes is 1. The van der Waals surface area contributed by atoms with E-state index in [4.69, 9.17) is 17.6 Å². The highest BCUT2D eigenvalue weighted by Gasteiger charge is 2.34. The third-order valence-corrected chi connectivity index (χ3v) is 5.21. The van der Waals surface area contributed by atoms with Gasteiger partial charge in [0.25, 0.3) is 0 Å². The Bertz CT molecular complexity index is 290. The first-order chi connectivity index (χ1) is 5.00. The topological polar surface area (TPSA) is 23.6 Å². The molecule has 62 valence electrons. The summed E-state index contributed by atoms with van der Waals surface area (Å²) in [6, 6.07) is -0.106. The summed E-state index contributed by atoms with van der Waals surface area (Å²) in [5.74, 6) is 2.54. The number of likely N-dealkylation sites (N-methyl/N-ethyl adjacent to an activating group) is 2. The molecule has 0 radical (unpaired) electrons. The van der Waals surface area contributed by atoms with Gasteiger partial charge in [-0.2, -0.15) is 4.31 Å². The van der Waals surface area contributed by atoms with Crippen LogP contribution < -0.4 is 0 Å². The lowest BCUT2D eigenvalue weighted by atomic mass is 10.3. The first-order valence-electron chi connectivity index (χ1n) is 3.15. The van der Waals surface area contributed by atoms with Gasteiger partial charge < -0.3 is 0 Å². The van der Waals surface area contributed by atoms with Crippen LogP contribution in [0.15, 0.2) is 0 Å². The largest absolute Gasteiger partial charge is 0.224 e. The fourth-order valence-electron chi connectivity index (χ4n) is 0.991. The van der Waals surface area contributed by atoms with Crippen molar-refractivity contribution in [3.05, 3.63) is 0 Å². The van der Waals surface area contributed by atoms with E-state index < -0.39 is 8.86 Å². The molecule has 1 rings (SSSR count). The van der Waals surface area contributed by atoms with Crippen LogP contribution in [0.4, 0.5) is 0 Å². The lowest BCUT2D eigenvalue weighted by Crippen LogP contribution is -2.29. The fraction of sp³-hybridized carbons (Fsp3) is 0.667. The summed E-state index contributed by atoms with van der Waals surface area (Å²) in [5.41, 5.74) is 0. The highest BCUT2D eigenvalue weighted by Crippen LogP contribution is 2.17. The molecule has 0 aromatic heterocycles. The first kappa shape index (κ1) is 8.94. The predicted octanol–water partition coefficient (Wildman–Crippen LogP) is -0.558. The van der Waals surface area contributed by atoms with E-state index in [2.05, 4.69) is 5.92 Å². The van der Waals surface area contributed by atoms with Crippen molar-refractivity contribution in [1.29, 1.82) is 0 Å². The minimum atomic E-state index is -2.41. The molecule has 1 fully saturated rings. The summed E-state index contributed by atoms with van der Waals surface area (Å²) in [4.78, 5) is 0. The lowest BCUT2D eigenvalue weighted by molar-refractivity contribution is 0.481. The van der Waals surface area contributed by atoms with Gasteiger partial charge in [0, 0.05) is 31.8 Å². The van der Waals surface area contributed by atoms with Crippen molar-refractivity contribution in [2.45, 2.75) is 6.04 Å². The van der Waals surface area contributed by atoms with Crippen molar-refractivity contribution in [1.82, 2.24) is 8.61 Å². The van der Waals surface area contributed by atoms with Crippen molar-refractivity contribution >= 4 is 20.1 Å².